The number of alkyl halides is 3. The van der Waals surface area contributed by atoms with Gasteiger partial charge in [0.1, 0.15) is 4.90 Å². The first-order valence-corrected chi connectivity index (χ1v) is 14.0. The highest BCUT2D eigenvalue weighted by atomic mass is 32.2. The third-order valence-corrected chi connectivity index (χ3v) is 7.77. The Balaban J connectivity index is 1.94. The third kappa shape index (κ3) is 7.32. The number of hydrogen-bond acceptors (Lipinski definition) is 5. The molecule has 2 unspecified atom stereocenters. The zero-order valence-electron chi connectivity index (χ0n) is 22.2. The Hall–Kier alpha value is -3.53. The van der Waals surface area contributed by atoms with Crippen LogP contribution in [0.15, 0.2) is 77.7 Å². The first-order valence-electron chi connectivity index (χ1n) is 12.5. The molecule has 0 aliphatic heterocycles. The summed E-state index contributed by atoms with van der Waals surface area (Å²) in [5.41, 5.74) is 0.366. The van der Waals surface area contributed by atoms with Crippen molar-refractivity contribution in [3.8, 4) is 11.5 Å². The Morgan fingerprint density at radius 2 is 1.62 bits per heavy atom. The molecule has 210 valence electrons. The molecule has 0 heterocycles. The average molecular weight is 564 g/mol. The van der Waals surface area contributed by atoms with Crippen molar-refractivity contribution in [2.75, 3.05) is 7.11 Å². The van der Waals surface area contributed by atoms with Crippen LogP contribution in [0.2, 0.25) is 0 Å². The highest BCUT2D eigenvalue weighted by Crippen LogP contribution is 2.34. The topological polar surface area (TPSA) is 72.9 Å². The van der Waals surface area contributed by atoms with E-state index < -0.39 is 26.8 Å². The van der Waals surface area contributed by atoms with Crippen LogP contribution in [0.5, 0.6) is 11.5 Å². The van der Waals surface area contributed by atoms with Crippen molar-refractivity contribution < 1.29 is 35.3 Å². The second-order valence-electron chi connectivity index (χ2n) is 9.14. The summed E-state index contributed by atoms with van der Waals surface area (Å²) >= 11 is 0. The molecule has 2 atom stereocenters. The summed E-state index contributed by atoms with van der Waals surface area (Å²) in [6.45, 7) is 6.02. The Bertz CT molecular complexity index is 1380. The minimum atomic E-state index is -4.72. The highest BCUT2D eigenvalue weighted by molar-refractivity contribution is 7.87. The van der Waals surface area contributed by atoms with E-state index in [4.69, 9.17) is 8.92 Å². The van der Waals surface area contributed by atoms with Crippen molar-refractivity contribution in [3.63, 3.8) is 0 Å². The van der Waals surface area contributed by atoms with Crippen LogP contribution >= 0.6 is 0 Å². The van der Waals surface area contributed by atoms with Crippen molar-refractivity contribution in [2.24, 2.45) is 0 Å². The molecule has 0 aliphatic rings. The van der Waals surface area contributed by atoms with Gasteiger partial charge in [-0.3, -0.25) is 4.79 Å². The minimum absolute atomic E-state index is 0.0621. The molecule has 3 aromatic rings. The fourth-order valence-corrected chi connectivity index (χ4v) is 5.16. The first-order chi connectivity index (χ1) is 18.4. The third-order valence-electron chi connectivity index (χ3n) is 6.54. The van der Waals surface area contributed by atoms with Crippen LogP contribution in [0.25, 0.3) is 0 Å². The Kier molecular flexibility index (Phi) is 9.66. The smallest absolute Gasteiger partial charge is 0.416 e. The number of amides is 1. The number of carbonyl (C=O) groups is 1. The van der Waals surface area contributed by atoms with E-state index in [1.807, 2.05) is 51.1 Å². The van der Waals surface area contributed by atoms with Gasteiger partial charge in [0.25, 0.3) is 0 Å². The Labute approximate surface area is 227 Å². The number of benzene rings is 3. The Morgan fingerprint density at radius 1 is 0.923 bits per heavy atom. The van der Waals surface area contributed by atoms with Crippen LogP contribution in [-0.2, 0) is 27.6 Å². The normalized spacial score (nSPS) is 13.4. The molecule has 6 nitrogen and oxygen atoms in total. The maximum atomic E-state index is 13.7. The lowest BCUT2D eigenvalue weighted by Crippen LogP contribution is -2.40. The van der Waals surface area contributed by atoms with Crippen molar-refractivity contribution in [3.05, 3.63) is 89.5 Å². The minimum Gasteiger partial charge on any atom is -0.493 e. The van der Waals surface area contributed by atoms with E-state index in [1.54, 1.807) is 11.0 Å². The maximum absolute atomic E-state index is 13.7. The van der Waals surface area contributed by atoms with Gasteiger partial charge in [0.15, 0.2) is 11.5 Å². The van der Waals surface area contributed by atoms with Gasteiger partial charge in [0, 0.05) is 12.6 Å². The molecule has 0 aromatic heterocycles. The quantitative estimate of drug-likeness (QED) is 0.240. The lowest BCUT2D eigenvalue weighted by Gasteiger charge is -2.32. The van der Waals surface area contributed by atoms with Crippen LogP contribution in [0.1, 0.15) is 56.2 Å². The summed E-state index contributed by atoms with van der Waals surface area (Å²) < 4.78 is 75.8. The van der Waals surface area contributed by atoms with Gasteiger partial charge in [-0.1, -0.05) is 56.3 Å². The predicted octanol–water partition coefficient (Wildman–Crippen LogP) is 6.80. The largest absolute Gasteiger partial charge is 0.493 e. The zero-order valence-corrected chi connectivity index (χ0v) is 23.1. The molecule has 0 saturated carbocycles. The summed E-state index contributed by atoms with van der Waals surface area (Å²) in [6, 6.07) is 17.3. The molecule has 3 aromatic carbocycles. The summed E-state index contributed by atoms with van der Waals surface area (Å²) in [7, 11) is -3.31. The first kappa shape index (κ1) is 30.0. The predicted molar refractivity (Wildman–Crippen MR) is 142 cm³/mol. The maximum Gasteiger partial charge on any atom is 0.416 e. The molecule has 0 N–H and O–H groups in total. The number of halogens is 3. The molecular formula is C29H32F3NO5S. The van der Waals surface area contributed by atoms with Gasteiger partial charge in [-0.25, -0.2) is 0 Å². The van der Waals surface area contributed by atoms with Gasteiger partial charge >= 0.3 is 16.3 Å². The van der Waals surface area contributed by atoms with Crippen molar-refractivity contribution in [1.82, 2.24) is 4.90 Å². The fraction of sp³-hybridized carbons (Fsp3) is 0.345. The van der Waals surface area contributed by atoms with Gasteiger partial charge < -0.3 is 13.8 Å². The molecule has 1 amide bonds. The van der Waals surface area contributed by atoms with Gasteiger partial charge in [0.05, 0.1) is 18.6 Å². The van der Waals surface area contributed by atoms with Gasteiger partial charge in [0.2, 0.25) is 5.91 Å². The lowest BCUT2D eigenvalue weighted by atomic mass is 9.94. The standard InChI is InChI=1S/C29H32F3NO5S/c1-5-20(3)33(28(34)25(6-2)22-11-8-7-9-12-22)19-21-15-16-26(37-4)27(17-21)38-39(35,36)24-14-10-13-23(18-24)29(30,31)32/h7-18,20,25H,5-6,19H2,1-4H3. The van der Waals surface area contributed by atoms with Gasteiger partial charge in [-0.15, -0.1) is 0 Å². The van der Waals surface area contributed by atoms with E-state index in [2.05, 4.69) is 0 Å². The van der Waals surface area contributed by atoms with E-state index in [9.17, 15) is 26.4 Å². The molecule has 39 heavy (non-hydrogen) atoms. The number of hydrogen-bond donors (Lipinski definition) is 0. The number of carbonyl (C=O) groups excluding carboxylic acids is 1. The summed E-state index contributed by atoms with van der Waals surface area (Å²) in [6.07, 6.45) is -3.42. The lowest BCUT2D eigenvalue weighted by molar-refractivity contribution is -0.138. The fourth-order valence-electron chi connectivity index (χ4n) is 4.19. The van der Waals surface area contributed by atoms with Gasteiger partial charge in [-0.05, 0) is 61.2 Å². The van der Waals surface area contributed by atoms with Crippen LogP contribution in [-0.4, -0.2) is 32.4 Å². The van der Waals surface area contributed by atoms with E-state index >= 15 is 0 Å². The molecule has 0 saturated heterocycles. The SMILES string of the molecule is CCC(C(=O)N(Cc1ccc(OC)c(OS(=O)(=O)c2cccc(C(F)(F)F)c2)c1)C(C)CC)c1ccccc1. The molecule has 10 heteroatoms. The monoisotopic (exact) mass is 563 g/mol. The van der Waals surface area contributed by atoms with Crippen LogP contribution < -0.4 is 8.92 Å². The van der Waals surface area contributed by atoms with Crippen LogP contribution in [0, 0.1) is 0 Å². The average Bonchev–Trinajstić information content (AvgIpc) is 2.91. The number of ether oxygens (including phenoxy) is 1. The molecule has 0 radical (unpaired) electrons. The van der Waals surface area contributed by atoms with E-state index in [-0.39, 0.29) is 35.9 Å². The summed E-state index contributed by atoms with van der Waals surface area (Å²) in [4.78, 5) is 14.8. The molecule has 0 aliphatic carbocycles. The zero-order chi connectivity index (χ0) is 28.8. The molecular weight excluding hydrogens is 531 g/mol. The van der Waals surface area contributed by atoms with Crippen LogP contribution in [0.3, 0.4) is 0 Å². The highest BCUT2D eigenvalue weighted by Gasteiger charge is 2.32. The molecule has 0 bridgehead atoms. The van der Waals surface area contributed by atoms with Gasteiger partial charge in [-0.2, -0.15) is 21.6 Å². The molecule has 3 rings (SSSR count). The number of nitrogens with zero attached hydrogens (tertiary/aromatic N) is 1. The Morgan fingerprint density at radius 3 is 2.21 bits per heavy atom. The second-order valence-corrected chi connectivity index (χ2v) is 10.7. The molecule has 0 spiro atoms. The van der Waals surface area contributed by atoms with Crippen molar-refractivity contribution in [2.45, 2.75) is 63.2 Å². The summed E-state index contributed by atoms with van der Waals surface area (Å²) in [5, 5.41) is 0. The summed E-state index contributed by atoms with van der Waals surface area (Å²) in [5.74, 6) is -0.533. The number of rotatable bonds is 11. The van der Waals surface area contributed by atoms with E-state index in [0.29, 0.717) is 24.5 Å². The van der Waals surface area contributed by atoms with E-state index in [0.717, 1.165) is 23.8 Å². The van der Waals surface area contributed by atoms with E-state index in [1.165, 1.54) is 19.2 Å². The van der Waals surface area contributed by atoms with Crippen LogP contribution in [0.4, 0.5) is 13.2 Å². The second kappa shape index (κ2) is 12.5. The number of methoxy groups -OCH3 is 1. The van der Waals surface area contributed by atoms with Crippen molar-refractivity contribution >= 4 is 16.0 Å². The molecule has 0 fully saturated rings. The van der Waals surface area contributed by atoms with Crippen molar-refractivity contribution in [1.29, 1.82) is 0 Å².